The lowest BCUT2D eigenvalue weighted by atomic mass is 10.1. The van der Waals surface area contributed by atoms with Crippen molar-refractivity contribution in [1.82, 2.24) is 5.32 Å². The average molecular weight is 381 g/mol. The number of benzene rings is 2. The maximum atomic E-state index is 12.2. The van der Waals surface area contributed by atoms with Gasteiger partial charge in [0, 0.05) is 18.8 Å². The molecule has 2 aromatic rings. The number of aliphatic imine (C=N–C) groups is 1. The van der Waals surface area contributed by atoms with Crippen LogP contribution in [0.5, 0.6) is 5.75 Å². The van der Waals surface area contributed by atoms with Gasteiger partial charge >= 0.3 is 0 Å². The monoisotopic (exact) mass is 381 g/mol. The van der Waals surface area contributed by atoms with Crippen molar-refractivity contribution in [3.8, 4) is 5.75 Å². The molecule has 2 fully saturated rings. The fourth-order valence-corrected chi connectivity index (χ4v) is 3.72. The molecule has 0 unspecified atom stereocenters. The molecule has 0 saturated carbocycles. The molecule has 1 amide bonds. The number of ether oxygens (including phenoxy) is 1. The summed E-state index contributed by atoms with van der Waals surface area (Å²) in [6.45, 7) is 3.31. The third-order valence-electron chi connectivity index (χ3n) is 4.30. The summed E-state index contributed by atoms with van der Waals surface area (Å²) < 4.78 is 5.38. The van der Waals surface area contributed by atoms with Crippen molar-refractivity contribution in [2.75, 3.05) is 31.2 Å². The number of rotatable bonds is 3. The number of hydrogen-bond donors (Lipinski definition) is 2. The molecule has 2 heterocycles. The lowest BCUT2D eigenvalue weighted by Crippen LogP contribution is -2.36. The number of carbonyl (C=O) groups is 1. The topological polar surface area (TPSA) is 74.2 Å². The van der Waals surface area contributed by atoms with E-state index in [4.69, 9.17) is 4.74 Å². The van der Waals surface area contributed by atoms with Crippen LogP contribution in [0.4, 0.5) is 11.4 Å². The standard InChI is InChI=1S/C20H19N3O3S/c24-17-7-3-15(4-8-17)21-20-22-19(25)18(27-20)13-14-1-5-16(6-2-14)23-9-11-26-12-10-23/h1-8,13,24H,9-12H2,(H,21,22,25)/b18-13+. The van der Waals surface area contributed by atoms with E-state index in [0.29, 0.717) is 15.8 Å². The highest BCUT2D eigenvalue weighted by Crippen LogP contribution is 2.29. The number of anilines is 1. The van der Waals surface area contributed by atoms with E-state index < -0.39 is 0 Å². The first kappa shape index (κ1) is 17.6. The molecule has 0 spiro atoms. The second-order valence-electron chi connectivity index (χ2n) is 6.19. The highest BCUT2D eigenvalue weighted by Gasteiger charge is 2.23. The Kier molecular flexibility index (Phi) is 5.13. The summed E-state index contributed by atoms with van der Waals surface area (Å²) in [5.74, 6) is 0.0259. The lowest BCUT2D eigenvalue weighted by Gasteiger charge is -2.28. The van der Waals surface area contributed by atoms with Crippen molar-refractivity contribution in [2.24, 2.45) is 4.99 Å². The van der Waals surface area contributed by atoms with Gasteiger partial charge in [-0.3, -0.25) is 4.79 Å². The summed E-state index contributed by atoms with van der Waals surface area (Å²) in [7, 11) is 0. The third-order valence-corrected chi connectivity index (χ3v) is 5.21. The van der Waals surface area contributed by atoms with Crippen LogP contribution in [0.1, 0.15) is 5.56 Å². The van der Waals surface area contributed by atoms with Crippen LogP contribution in [-0.2, 0) is 9.53 Å². The number of amides is 1. The van der Waals surface area contributed by atoms with Gasteiger partial charge in [-0.2, -0.15) is 0 Å². The van der Waals surface area contributed by atoms with Gasteiger partial charge in [-0.15, -0.1) is 0 Å². The summed E-state index contributed by atoms with van der Waals surface area (Å²) >= 11 is 1.31. The smallest absolute Gasteiger partial charge is 0.264 e. The molecular weight excluding hydrogens is 362 g/mol. The molecule has 4 rings (SSSR count). The number of hydrogen-bond acceptors (Lipinski definition) is 6. The summed E-state index contributed by atoms with van der Waals surface area (Å²) in [6, 6.07) is 14.7. The second kappa shape index (κ2) is 7.85. The van der Waals surface area contributed by atoms with E-state index in [9.17, 15) is 9.90 Å². The van der Waals surface area contributed by atoms with Gasteiger partial charge in [0.25, 0.3) is 5.91 Å². The van der Waals surface area contributed by atoms with Gasteiger partial charge in [0.1, 0.15) is 5.75 Å². The van der Waals surface area contributed by atoms with Gasteiger partial charge in [0.15, 0.2) is 5.17 Å². The van der Waals surface area contributed by atoms with Gasteiger partial charge in [-0.1, -0.05) is 12.1 Å². The number of phenols is 1. The Morgan fingerprint density at radius 1 is 1.07 bits per heavy atom. The van der Waals surface area contributed by atoms with Crippen molar-refractivity contribution >= 4 is 40.3 Å². The van der Waals surface area contributed by atoms with E-state index in [1.807, 2.05) is 18.2 Å². The zero-order chi connectivity index (χ0) is 18.6. The van der Waals surface area contributed by atoms with Crippen LogP contribution in [0.15, 0.2) is 58.4 Å². The maximum absolute atomic E-state index is 12.2. The minimum atomic E-state index is -0.158. The molecule has 0 bridgehead atoms. The number of phenolic OH excluding ortho intramolecular Hbond substituents is 1. The lowest BCUT2D eigenvalue weighted by molar-refractivity contribution is -0.115. The van der Waals surface area contributed by atoms with Crippen LogP contribution in [0.25, 0.3) is 6.08 Å². The Bertz CT molecular complexity index is 886. The Labute approximate surface area is 161 Å². The molecule has 0 aromatic heterocycles. The fraction of sp³-hybridized carbons (Fsp3) is 0.200. The number of nitrogens with one attached hydrogen (secondary N) is 1. The van der Waals surface area contributed by atoms with Crippen molar-refractivity contribution in [1.29, 1.82) is 0 Å². The van der Waals surface area contributed by atoms with Gasteiger partial charge in [0.2, 0.25) is 0 Å². The zero-order valence-electron chi connectivity index (χ0n) is 14.6. The fourth-order valence-electron chi connectivity index (χ4n) is 2.88. The molecule has 2 saturated heterocycles. The van der Waals surface area contributed by atoms with Crippen molar-refractivity contribution in [3.63, 3.8) is 0 Å². The number of morpholine rings is 1. The van der Waals surface area contributed by atoms with Gasteiger partial charge in [0.05, 0.1) is 23.8 Å². The largest absolute Gasteiger partial charge is 0.508 e. The van der Waals surface area contributed by atoms with Crippen LogP contribution < -0.4 is 10.2 Å². The predicted molar refractivity (Wildman–Crippen MR) is 108 cm³/mol. The minimum absolute atomic E-state index is 0.158. The first-order valence-electron chi connectivity index (χ1n) is 8.69. The Morgan fingerprint density at radius 2 is 1.78 bits per heavy atom. The summed E-state index contributed by atoms with van der Waals surface area (Å²) in [5.41, 5.74) is 2.81. The Morgan fingerprint density at radius 3 is 2.48 bits per heavy atom. The zero-order valence-corrected chi connectivity index (χ0v) is 15.4. The molecule has 0 radical (unpaired) electrons. The molecule has 7 heteroatoms. The highest BCUT2D eigenvalue weighted by molar-refractivity contribution is 8.18. The Hall–Kier alpha value is -2.77. The Balaban J connectivity index is 1.47. The molecule has 2 N–H and O–H groups in total. The summed E-state index contributed by atoms with van der Waals surface area (Å²) in [4.78, 5) is 19.5. The van der Waals surface area contributed by atoms with Crippen molar-refractivity contribution < 1.29 is 14.6 Å². The summed E-state index contributed by atoms with van der Waals surface area (Å²) in [6.07, 6.45) is 1.86. The van der Waals surface area contributed by atoms with Crippen molar-refractivity contribution in [2.45, 2.75) is 0 Å². The van der Waals surface area contributed by atoms with E-state index in [2.05, 4.69) is 27.3 Å². The number of thioether (sulfide) groups is 1. The van der Waals surface area contributed by atoms with E-state index in [1.165, 1.54) is 17.4 Å². The third kappa shape index (κ3) is 4.32. The minimum Gasteiger partial charge on any atom is -0.508 e. The molecule has 0 atom stereocenters. The van der Waals surface area contributed by atoms with Crippen LogP contribution >= 0.6 is 11.8 Å². The van der Waals surface area contributed by atoms with Crippen LogP contribution in [0.3, 0.4) is 0 Å². The van der Waals surface area contributed by atoms with E-state index in [-0.39, 0.29) is 11.7 Å². The molecule has 2 aliphatic heterocycles. The predicted octanol–water partition coefficient (Wildman–Crippen LogP) is 3.12. The number of carbonyl (C=O) groups excluding carboxylic acids is 1. The maximum Gasteiger partial charge on any atom is 0.264 e. The first-order chi connectivity index (χ1) is 13.2. The number of aromatic hydroxyl groups is 1. The quantitative estimate of drug-likeness (QED) is 0.799. The molecule has 6 nitrogen and oxygen atoms in total. The molecule has 138 valence electrons. The normalized spacial score (nSPS) is 20.3. The molecule has 27 heavy (non-hydrogen) atoms. The van der Waals surface area contributed by atoms with Crippen LogP contribution in [0, 0.1) is 0 Å². The molecular formula is C20H19N3O3S. The van der Waals surface area contributed by atoms with Crippen LogP contribution in [-0.4, -0.2) is 42.5 Å². The second-order valence-corrected chi connectivity index (χ2v) is 7.22. The van der Waals surface area contributed by atoms with Crippen molar-refractivity contribution in [3.05, 3.63) is 59.0 Å². The first-order valence-corrected chi connectivity index (χ1v) is 9.50. The number of amidine groups is 1. The van der Waals surface area contributed by atoms with Gasteiger partial charge in [-0.25, -0.2) is 4.99 Å². The van der Waals surface area contributed by atoms with Gasteiger partial charge in [-0.05, 0) is 59.8 Å². The molecule has 2 aliphatic rings. The number of nitrogens with zero attached hydrogens (tertiary/aromatic N) is 2. The van der Waals surface area contributed by atoms with E-state index in [0.717, 1.165) is 31.9 Å². The average Bonchev–Trinajstić information content (AvgIpc) is 3.04. The molecule has 0 aliphatic carbocycles. The molecule has 2 aromatic carbocycles. The SMILES string of the molecule is O=C1NC(=Nc2ccc(O)cc2)S/C1=C/c1ccc(N2CCOCC2)cc1. The summed E-state index contributed by atoms with van der Waals surface area (Å²) in [5, 5.41) is 12.6. The van der Waals surface area contributed by atoms with Gasteiger partial charge < -0.3 is 20.1 Å². The van der Waals surface area contributed by atoms with Crippen LogP contribution in [0.2, 0.25) is 0 Å². The van der Waals surface area contributed by atoms with E-state index in [1.54, 1.807) is 24.3 Å². The highest BCUT2D eigenvalue weighted by atomic mass is 32.2. The van der Waals surface area contributed by atoms with E-state index >= 15 is 0 Å².